The van der Waals surface area contributed by atoms with Crippen molar-refractivity contribution in [3.05, 3.63) is 34.1 Å². The lowest BCUT2D eigenvalue weighted by molar-refractivity contribution is 0.128. The van der Waals surface area contributed by atoms with Gasteiger partial charge in [0, 0.05) is 4.47 Å². The Labute approximate surface area is 122 Å². The molecule has 0 spiro atoms. The Morgan fingerprint density at radius 2 is 1.94 bits per heavy atom. The van der Waals surface area contributed by atoms with Crippen LogP contribution < -0.4 is 5.73 Å². The molecule has 0 amide bonds. The Balaban J connectivity index is 0.00000289. The summed E-state index contributed by atoms with van der Waals surface area (Å²) in [5.41, 5.74) is 6.56. The van der Waals surface area contributed by atoms with E-state index < -0.39 is 12.1 Å². The largest absolute Gasteiger partial charge is 0.391 e. The Kier molecular flexibility index (Phi) is 8.03. The second kappa shape index (κ2) is 8.10. The van der Waals surface area contributed by atoms with E-state index in [1.807, 2.05) is 0 Å². The molecule has 0 heterocycles. The quantitative estimate of drug-likeness (QED) is 0.856. The van der Waals surface area contributed by atoms with Crippen LogP contribution in [0.4, 0.5) is 4.39 Å². The fraction of sp³-hybridized carbons (Fsp3) is 0.538. The molecular formula is C13H20BrClFNO. The first-order valence-corrected chi connectivity index (χ1v) is 6.59. The van der Waals surface area contributed by atoms with Gasteiger partial charge in [0.2, 0.25) is 0 Å². The smallest absolute Gasteiger partial charge is 0.123 e. The topological polar surface area (TPSA) is 46.2 Å². The molecular weight excluding hydrogens is 321 g/mol. The highest BCUT2D eigenvalue weighted by Crippen LogP contribution is 2.27. The van der Waals surface area contributed by atoms with Crippen molar-refractivity contribution in [2.45, 2.75) is 38.8 Å². The third-order valence-electron chi connectivity index (χ3n) is 2.77. The van der Waals surface area contributed by atoms with E-state index in [1.165, 1.54) is 12.1 Å². The number of benzene rings is 1. The monoisotopic (exact) mass is 339 g/mol. The van der Waals surface area contributed by atoms with Gasteiger partial charge in [-0.2, -0.15) is 0 Å². The summed E-state index contributed by atoms with van der Waals surface area (Å²) >= 11 is 3.32. The molecule has 0 saturated heterocycles. The van der Waals surface area contributed by atoms with Crippen molar-refractivity contribution in [1.82, 2.24) is 0 Å². The lowest BCUT2D eigenvalue weighted by Crippen LogP contribution is -2.27. The van der Waals surface area contributed by atoms with Gasteiger partial charge in [-0.15, -0.1) is 12.4 Å². The van der Waals surface area contributed by atoms with Crippen molar-refractivity contribution in [3.8, 4) is 0 Å². The zero-order valence-corrected chi connectivity index (χ0v) is 13.0. The molecule has 1 aromatic rings. The first-order valence-electron chi connectivity index (χ1n) is 5.80. The summed E-state index contributed by atoms with van der Waals surface area (Å²) in [5, 5.41) is 9.97. The van der Waals surface area contributed by atoms with E-state index in [4.69, 9.17) is 5.73 Å². The number of aliphatic hydroxyl groups excluding tert-OH is 1. The first-order chi connectivity index (χ1) is 7.91. The minimum atomic E-state index is -0.643. The maximum atomic E-state index is 13.1. The number of nitrogens with two attached hydrogens (primary N) is 1. The van der Waals surface area contributed by atoms with Crippen LogP contribution in [-0.4, -0.2) is 11.2 Å². The minimum absolute atomic E-state index is 0. The molecule has 0 aliphatic rings. The Morgan fingerprint density at radius 1 is 1.33 bits per heavy atom. The van der Waals surface area contributed by atoms with Crippen LogP contribution in [0.5, 0.6) is 0 Å². The lowest BCUT2D eigenvalue weighted by atomic mass is 9.96. The molecule has 0 fully saturated rings. The molecule has 104 valence electrons. The average molecular weight is 341 g/mol. The van der Waals surface area contributed by atoms with Crippen LogP contribution in [0.15, 0.2) is 22.7 Å². The molecule has 0 saturated carbocycles. The van der Waals surface area contributed by atoms with Gasteiger partial charge in [-0.25, -0.2) is 4.39 Å². The van der Waals surface area contributed by atoms with Gasteiger partial charge in [0.25, 0.3) is 0 Å². The molecule has 1 aromatic carbocycles. The molecule has 2 atom stereocenters. The minimum Gasteiger partial charge on any atom is -0.391 e. The van der Waals surface area contributed by atoms with E-state index in [0.717, 1.165) is 10.9 Å². The van der Waals surface area contributed by atoms with Crippen LogP contribution in [0.1, 0.15) is 38.3 Å². The second-order valence-corrected chi connectivity index (χ2v) is 5.58. The van der Waals surface area contributed by atoms with Gasteiger partial charge in [0.15, 0.2) is 0 Å². The first kappa shape index (κ1) is 17.8. The third kappa shape index (κ3) is 5.22. The van der Waals surface area contributed by atoms with Gasteiger partial charge in [0.05, 0.1) is 12.1 Å². The zero-order chi connectivity index (χ0) is 13.0. The van der Waals surface area contributed by atoms with E-state index in [0.29, 0.717) is 17.9 Å². The van der Waals surface area contributed by atoms with E-state index in [1.54, 1.807) is 6.07 Å². The number of hydrogen-bond donors (Lipinski definition) is 2. The van der Waals surface area contributed by atoms with Crippen molar-refractivity contribution in [1.29, 1.82) is 0 Å². The Hall–Kier alpha value is -0.160. The summed E-state index contributed by atoms with van der Waals surface area (Å²) in [4.78, 5) is 0. The summed E-state index contributed by atoms with van der Waals surface area (Å²) in [6.45, 7) is 4.19. The van der Waals surface area contributed by atoms with Crippen molar-refractivity contribution in [2.75, 3.05) is 0 Å². The van der Waals surface area contributed by atoms with Gasteiger partial charge in [-0.1, -0.05) is 29.8 Å². The van der Waals surface area contributed by atoms with Crippen molar-refractivity contribution >= 4 is 28.3 Å². The van der Waals surface area contributed by atoms with Gasteiger partial charge < -0.3 is 10.8 Å². The van der Waals surface area contributed by atoms with Crippen molar-refractivity contribution in [3.63, 3.8) is 0 Å². The normalized spacial score (nSPS) is 14.2. The van der Waals surface area contributed by atoms with Crippen LogP contribution in [0.2, 0.25) is 0 Å². The lowest BCUT2D eigenvalue weighted by Gasteiger charge is -2.21. The standard InChI is InChI=1S/C13H19BrFNO.ClH/c1-8(2)3-6-12(17)13(16)10-7-9(15)4-5-11(10)14;/h4-5,7-8,12-13,17H,3,6,16H2,1-2H3;1H/t12-,13+;/m0./s1. The van der Waals surface area contributed by atoms with Crippen LogP contribution in [-0.2, 0) is 0 Å². The van der Waals surface area contributed by atoms with E-state index >= 15 is 0 Å². The Morgan fingerprint density at radius 3 is 2.50 bits per heavy atom. The molecule has 0 aromatic heterocycles. The van der Waals surface area contributed by atoms with Crippen LogP contribution in [0, 0.1) is 11.7 Å². The van der Waals surface area contributed by atoms with Crippen molar-refractivity contribution in [2.24, 2.45) is 11.7 Å². The fourth-order valence-corrected chi connectivity index (χ4v) is 2.17. The molecule has 2 nitrogen and oxygen atoms in total. The summed E-state index contributed by atoms with van der Waals surface area (Å²) in [6, 6.07) is 3.78. The predicted molar refractivity (Wildman–Crippen MR) is 78.4 cm³/mol. The van der Waals surface area contributed by atoms with Gasteiger partial charge >= 0.3 is 0 Å². The molecule has 5 heteroatoms. The van der Waals surface area contributed by atoms with Crippen LogP contribution in [0.3, 0.4) is 0 Å². The molecule has 0 radical (unpaired) electrons. The maximum Gasteiger partial charge on any atom is 0.123 e. The average Bonchev–Trinajstić information content (AvgIpc) is 2.28. The van der Waals surface area contributed by atoms with E-state index in [9.17, 15) is 9.50 Å². The number of hydrogen-bond acceptors (Lipinski definition) is 2. The molecule has 3 N–H and O–H groups in total. The Bertz CT molecular complexity index is 376. The van der Waals surface area contributed by atoms with Crippen LogP contribution in [0.25, 0.3) is 0 Å². The maximum absolute atomic E-state index is 13.1. The summed E-state index contributed by atoms with van der Waals surface area (Å²) in [5.74, 6) is 0.183. The SMILES string of the molecule is CC(C)CC[C@H](O)[C@H](N)c1cc(F)ccc1Br.Cl. The van der Waals surface area contributed by atoms with E-state index in [2.05, 4.69) is 29.8 Å². The highest BCUT2D eigenvalue weighted by molar-refractivity contribution is 9.10. The fourth-order valence-electron chi connectivity index (χ4n) is 1.66. The van der Waals surface area contributed by atoms with Gasteiger partial charge in [0.1, 0.15) is 5.82 Å². The van der Waals surface area contributed by atoms with E-state index in [-0.39, 0.29) is 18.2 Å². The highest BCUT2D eigenvalue weighted by atomic mass is 79.9. The molecule has 0 bridgehead atoms. The van der Waals surface area contributed by atoms with Crippen LogP contribution >= 0.6 is 28.3 Å². The van der Waals surface area contributed by atoms with Gasteiger partial charge in [-0.05, 0) is 42.5 Å². The zero-order valence-electron chi connectivity index (χ0n) is 10.6. The number of halogens is 3. The summed E-state index contributed by atoms with van der Waals surface area (Å²) in [6.07, 6.45) is 0.888. The van der Waals surface area contributed by atoms with Crippen molar-refractivity contribution < 1.29 is 9.50 Å². The summed E-state index contributed by atoms with van der Waals surface area (Å²) < 4.78 is 13.9. The predicted octanol–water partition coefficient (Wildman–Crippen LogP) is 3.81. The van der Waals surface area contributed by atoms with Gasteiger partial charge in [-0.3, -0.25) is 0 Å². The number of aliphatic hydroxyl groups is 1. The second-order valence-electron chi connectivity index (χ2n) is 4.73. The highest BCUT2D eigenvalue weighted by Gasteiger charge is 2.19. The molecule has 0 aliphatic carbocycles. The molecule has 0 aliphatic heterocycles. The number of rotatable bonds is 5. The molecule has 0 unspecified atom stereocenters. The molecule has 1 rings (SSSR count). The third-order valence-corrected chi connectivity index (χ3v) is 3.49. The molecule has 18 heavy (non-hydrogen) atoms. The summed E-state index contributed by atoms with van der Waals surface area (Å²) in [7, 11) is 0.